The molecule has 0 aliphatic carbocycles. The van der Waals surface area contributed by atoms with Crippen LogP contribution in [0, 0.1) is 0 Å². The van der Waals surface area contributed by atoms with E-state index >= 15 is 0 Å². The van der Waals surface area contributed by atoms with Gasteiger partial charge < -0.3 is 0 Å². The maximum Gasteiger partial charge on any atom is 0.154 e. The van der Waals surface area contributed by atoms with Gasteiger partial charge in [-0.3, -0.25) is 0 Å². The first-order valence-corrected chi connectivity index (χ1v) is 7.41. The van der Waals surface area contributed by atoms with Gasteiger partial charge in [0.1, 0.15) is 0 Å². The first kappa shape index (κ1) is 6.97. The quantitative estimate of drug-likeness (QED) is 0.319. The van der Waals surface area contributed by atoms with Gasteiger partial charge in [-0.25, -0.2) is 0 Å². The predicted octanol–water partition coefficient (Wildman–Crippen LogP) is 2.50. The van der Waals surface area contributed by atoms with Gasteiger partial charge in [0.2, 0.25) is 0 Å². The van der Waals surface area contributed by atoms with Crippen LogP contribution in [0.4, 0.5) is 0 Å². The molecule has 1 aliphatic heterocycles. The Morgan fingerprint density at radius 1 is 1.75 bits per heavy atom. The SMILES string of the molecule is C[Si]1(Cl)CCC(S)C1. The van der Waals surface area contributed by atoms with Gasteiger partial charge in [0.25, 0.3) is 0 Å². The Morgan fingerprint density at radius 2 is 2.38 bits per heavy atom. The molecule has 0 radical (unpaired) electrons. The molecule has 1 aliphatic rings. The fraction of sp³-hybridized carbons (Fsp3) is 1.00. The van der Waals surface area contributed by atoms with Crippen molar-refractivity contribution in [1.29, 1.82) is 0 Å². The van der Waals surface area contributed by atoms with Crippen molar-refractivity contribution in [3.63, 3.8) is 0 Å². The third-order valence-corrected chi connectivity index (χ3v) is 6.15. The summed E-state index contributed by atoms with van der Waals surface area (Å²) in [6.45, 7) is 2.23. The van der Waals surface area contributed by atoms with Gasteiger partial charge >= 0.3 is 0 Å². The summed E-state index contributed by atoms with van der Waals surface area (Å²) in [6.07, 6.45) is 1.25. The van der Waals surface area contributed by atoms with E-state index in [1.54, 1.807) is 0 Å². The van der Waals surface area contributed by atoms with Crippen molar-refractivity contribution >= 4 is 31.1 Å². The van der Waals surface area contributed by atoms with E-state index < -0.39 is 7.38 Å². The summed E-state index contributed by atoms with van der Waals surface area (Å²) < 4.78 is 0. The third-order valence-electron chi connectivity index (χ3n) is 1.66. The minimum absolute atomic E-state index is 0.615. The van der Waals surface area contributed by atoms with E-state index in [1.807, 2.05) is 0 Å². The molecule has 3 heteroatoms. The number of hydrogen-bond acceptors (Lipinski definition) is 1. The molecule has 1 rings (SSSR count). The predicted molar refractivity (Wildman–Crippen MR) is 44.5 cm³/mol. The first-order chi connectivity index (χ1) is 3.60. The number of hydrogen-bond donors (Lipinski definition) is 1. The van der Waals surface area contributed by atoms with Gasteiger partial charge in [0.05, 0.1) is 0 Å². The van der Waals surface area contributed by atoms with Crippen molar-refractivity contribution in [2.75, 3.05) is 0 Å². The lowest BCUT2D eigenvalue weighted by Gasteiger charge is -2.07. The highest BCUT2D eigenvalue weighted by Crippen LogP contribution is 2.35. The van der Waals surface area contributed by atoms with Gasteiger partial charge in [-0.1, -0.05) is 6.55 Å². The molecule has 0 aromatic heterocycles. The van der Waals surface area contributed by atoms with E-state index in [0.29, 0.717) is 5.25 Å². The van der Waals surface area contributed by atoms with Gasteiger partial charge in [-0.2, -0.15) is 23.7 Å². The van der Waals surface area contributed by atoms with Gasteiger partial charge in [0, 0.05) is 5.25 Å². The third kappa shape index (κ3) is 1.67. The highest BCUT2D eigenvalue weighted by Gasteiger charge is 2.33. The summed E-state index contributed by atoms with van der Waals surface area (Å²) in [6, 6.07) is 2.47. The maximum atomic E-state index is 6.15. The Balaban J connectivity index is 2.44. The van der Waals surface area contributed by atoms with Crippen molar-refractivity contribution in [3.8, 4) is 0 Å². The van der Waals surface area contributed by atoms with E-state index in [4.69, 9.17) is 11.1 Å². The van der Waals surface area contributed by atoms with Crippen LogP contribution in [-0.4, -0.2) is 12.6 Å². The zero-order valence-electron chi connectivity index (χ0n) is 5.02. The van der Waals surface area contributed by atoms with Crippen LogP contribution in [0.25, 0.3) is 0 Å². The molecule has 1 fully saturated rings. The Morgan fingerprint density at radius 3 is 2.50 bits per heavy atom. The molecule has 48 valence electrons. The van der Waals surface area contributed by atoms with Gasteiger partial charge in [0.15, 0.2) is 7.38 Å². The lowest BCUT2D eigenvalue weighted by atomic mass is 10.4. The van der Waals surface area contributed by atoms with Crippen molar-refractivity contribution in [2.24, 2.45) is 0 Å². The van der Waals surface area contributed by atoms with Crippen LogP contribution in [-0.2, 0) is 0 Å². The molecule has 1 heterocycles. The zero-order chi connectivity index (χ0) is 6.20. The average Bonchev–Trinajstić information content (AvgIpc) is 1.82. The molecule has 0 nitrogen and oxygen atoms in total. The van der Waals surface area contributed by atoms with Crippen molar-refractivity contribution < 1.29 is 0 Å². The summed E-state index contributed by atoms with van der Waals surface area (Å²) in [7, 11) is -1.21. The minimum atomic E-state index is -1.21. The molecule has 0 amide bonds. The second-order valence-electron chi connectivity index (χ2n) is 2.81. The topological polar surface area (TPSA) is 0 Å². The molecule has 0 spiro atoms. The monoisotopic (exact) mass is 166 g/mol. The van der Waals surface area contributed by atoms with Crippen molar-refractivity contribution in [3.05, 3.63) is 0 Å². The van der Waals surface area contributed by atoms with Crippen LogP contribution in [0.2, 0.25) is 18.6 Å². The average molecular weight is 167 g/mol. The molecule has 0 aromatic rings. The second kappa shape index (κ2) is 2.23. The molecule has 0 bridgehead atoms. The summed E-state index contributed by atoms with van der Waals surface area (Å²) in [4.78, 5) is 0. The van der Waals surface area contributed by atoms with E-state index in [-0.39, 0.29) is 0 Å². The highest BCUT2D eigenvalue weighted by atomic mass is 35.6. The van der Waals surface area contributed by atoms with E-state index in [2.05, 4.69) is 19.2 Å². The first-order valence-electron chi connectivity index (χ1n) is 2.97. The molecule has 0 saturated carbocycles. The van der Waals surface area contributed by atoms with Crippen LogP contribution < -0.4 is 0 Å². The summed E-state index contributed by atoms with van der Waals surface area (Å²) in [5.74, 6) is 0. The molecule has 0 N–H and O–H groups in total. The van der Waals surface area contributed by atoms with Crippen LogP contribution in [0.15, 0.2) is 0 Å². The minimum Gasteiger partial charge on any atom is -0.176 e. The largest absolute Gasteiger partial charge is 0.176 e. The van der Waals surface area contributed by atoms with Crippen LogP contribution in [0.3, 0.4) is 0 Å². The van der Waals surface area contributed by atoms with Crippen molar-refractivity contribution in [1.82, 2.24) is 0 Å². The van der Waals surface area contributed by atoms with Gasteiger partial charge in [-0.15, -0.1) is 0 Å². The Bertz CT molecular complexity index is 94.4. The standard InChI is InChI=1S/C5H11ClSSi/c1-8(6)3-2-5(7)4-8/h5,7H,2-4H2,1H3. The fourth-order valence-corrected chi connectivity index (χ4v) is 6.29. The number of thiol groups is 1. The van der Waals surface area contributed by atoms with Crippen LogP contribution in [0.5, 0.6) is 0 Å². The Kier molecular flexibility index (Phi) is 1.95. The molecular weight excluding hydrogens is 156 g/mol. The Hall–Kier alpha value is 0.857. The lowest BCUT2D eigenvalue weighted by Crippen LogP contribution is -2.15. The second-order valence-corrected chi connectivity index (χ2v) is 10.0. The van der Waals surface area contributed by atoms with Crippen LogP contribution >= 0.6 is 23.7 Å². The fourth-order valence-electron chi connectivity index (χ4n) is 1.16. The van der Waals surface area contributed by atoms with E-state index in [0.717, 1.165) is 0 Å². The molecule has 2 unspecified atom stereocenters. The van der Waals surface area contributed by atoms with E-state index in [1.165, 1.54) is 18.5 Å². The number of halogens is 1. The van der Waals surface area contributed by atoms with E-state index in [9.17, 15) is 0 Å². The normalized spacial score (nSPS) is 47.6. The highest BCUT2D eigenvalue weighted by molar-refractivity contribution is 7.81. The molecular formula is C5H11ClSSi. The lowest BCUT2D eigenvalue weighted by molar-refractivity contribution is 0.963. The Labute approximate surface area is 61.7 Å². The maximum absolute atomic E-state index is 6.15. The smallest absolute Gasteiger partial charge is 0.154 e. The summed E-state index contributed by atoms with van der Waals surface area (Å²) >= 11 is 10.5. The molecule has 2 atom stereocenters. The molecule has 0 aromatic carbocycles. The number of rotatable bonds is 0. The molecule has 1 saturated heterocycles. The summed E-state index contributed by atoms with van der Waals surface area (Å²) in [5, 5.41) is 0.615. The molecule has 8 heavy (non-hydrogen) atoms. The summed E-state index contributed by atoms with van der Waals surface area (Å²) in [5.41, 5.74) is 0. The van der Waals surface area contributed by atoms with Gasteiger partial charge in [-0.05, 0) is 18.5 Å². The van der Waals surface area contributed by atoms with Crippen LogP contribution in [0.1, 0.15) is 6.42 Å². The van der Waals surface area contributed by atoms with Crippen molar-refractivity contribution in [2.45, 2.75) is 30.3 Å². The zero-order valence-corrected chi connectivity index (χ0v) is 7.67.